The maximum Gasteiger partial charge on any atom is 0.230 e. The second kappa shape index (κ2) is 4.60. The van der Waals surface area contributed by atoms with Gasteiger partial charge in [0, 0.05) is 5.41 Å². The largest absolute Gasteiger partial charge is 0.309 e. The van der Waals surface area contributed by atoms with Crippen molar-refractivity contribution in [1.29, 1.82) is 0 Å². The molecule has 4 nitrogen and oxygen atoms in total. The van der Waals surface area contributed by atoms with Crippen LogP contribution in [0.25, 0.3) is 0 Å². The fraction of sp³-hybridized carbons (Fsp3) is 0.583. The van der Waals surface area contributed by atoms with E-state index in [4.69, 9.17) is 0 Å². The van der Waals surface area contributed by atoms with E-state index in [0.717, 1.165) is 17.7 Å². The van der Waals surface area contributed by atoms with Gasteiger partial charge >= 0.3 is 0 Å². The first-order valence-corrected chi connectivity index (χ1v) is 5.49. The molecule has 1 amide bonds. The van der Waals surface area contributed by atoms with Crippen molar-refractivity contribution in [2.45, 2.75) is 41.0 Å². The van der Waals surface area contributed by atoms with Gasteiger partial charge in [0.1, 0.15) is 0 Å². The third-order valence-electron chi connectivity index (χ3n) is 2.29. The molecule has 0 saturated carbocycles. The molecule has 1 rings (SSSR count). The fourth-order valence-corrected chi connectivity index (χ4v) is 1.21. The van der Waals surface area contributed by atoms with Crippen LogP contribution in [-0.2, 0) is 11.2 Å². The summed E-state index contributed by atoms with van der Waals surface area (Å²) in [4.78, 5) is 11.8. The van der Waals surface area contributed by atoms with Crippen LogP contribution in [0.1, 0.15) is 39.0 Å². The second-order valence-electron chi connectivity index (χ2n) is 4.92. The summed E-state index contributed by atoms with van der Waals surface area (Å²) in [6.45, 7) is 9.53. The average molecular weight is 221 g/mol. The summed E-state index contributed by atoms with van der Waals surface area (Å²) < 4.78 is 0. The molecular weight excluding hydrogens is 202 g/mol. The van der Waals surface area contributed by atoms with Gasteiger partial charge in [-0.2, -0.15) is 5.10 Å². The lowest BCUT2D eigenvalue weighted by atomic mass is 9.95. The molecule has 1 aromatic heterocycles. The Labute approximate surface area is 96.5 Å². The highest BCUT2D eigenvalue weighted by molar-refractivity contribution is 5.94. The van der Waals surface area contributed by atoms with Gasteiger partial charge in [0.05, 0.1) is 5.69 Å². The van der Waals surface area contributed by atoms with E-state index in [1.807, 2.05) is 40.7 Å². The van der Waals surface area contributed by atoms with Crippen LogP contribution in [0.3, 0.4) is 0 Å². The maximum absolute atomic E-state index is 11.8. The van der Waals surface area contributed by atoms with E-state index < -0.39 is 5.41 Å². The molecule has 0 aliphatic heterocycles. The molecule has 88 valence electrons. The summed E-state index contributed by atoms with van der Waals surface area (Å²) in [5.41, 5.74) is 1.47. The van der Waals surface area contributed by atoms with Gasteiger partial charge in [0.2, 0.25) is 5.91 Å². The molecule has 1 N–H and O–H groups in total. The molecule has 16 heavy (non-hydrogen) atoms. The van der Waals surface area contributed by atoms with Gasteiger partial charge in [0.25, 0.3) is 0 Å². The average Bonchev–Trinajstić information content (AvgIpc) is 2.19. The van der Waals surface area contributed by atoms with Crippen molar-refractivity contribution in [3.8, 4) is 0 Å². The lowest BCUT2D eigenvalue weighted by Gasteiger charge is -2.18. The van der Waals surface area contributed by atoms with E-state index in [2.05, 4.69) is 15.5 Å². The molecule has 0 atom stereocenters. The number of carbonyl (C=O) groups is 1. The molecule has 0 radical (unpaired) electrons. The standard InChI is InChI=1S/C12H19N3O/c1-6-9-7-8(2)14-15-10(9)13-11(16)12(3,4)5/h7H,6H2,1-5H3,(H,13,15,16). The molecule has 1 heterocycles. The molecule has 0 spiro atoms. The molecule has 0 unspecified atom stereocenters. The maximum atomic E-state index is 11.8. The highest BCUT2D eigenvalue weighted by Crippen LogP contribution is 2.18. The number of carbonyl (C=O) groups excluding carboxylic acids is 1. The van der Waals surface area contributed by atoms with Gasteiger partial charge in [-0.1, -0.05) is 27.7 Å². The van der Waals surface area contributed by atoms with Crippen LogP contribution in [-0.4, -0.2) is 16.1 Å². The molecule has 1 aromatic rings. The summed E-state index contributed by atoms with van der Waals surface area (Å²) >= 11 is 0. The number of amides is 1. The second-order valence-corrected chi connectivity index (χ2v) is 4.92. The van der Waals surface area contributed by atoms with Crippen molar-refractivity contribution < 1.29 is 4.79 Å². The Morgan fingerprint density at radius 2 is 2.00 bits per heavy atom. The number of nitrogens with zero attached hydrogens (tertiary/aromatic N) is 2. The predicted molar refractivity (Wildman–Crippen MR) is 64.2 cm³/mol. The first kappa shape index (κ1) is 12.6. The Balaban J connectivity index is 2.93. The lowest BCUT2D eigenvalue weighted by Crippen LogP contribution is -2.28. The Morgan fingerprint density at radius 3 is 2.50 bits per heavy atom. The van der Waals surface area contributed by atoms with Crippen molar-refractivity contribution >= 4 is 11.7 Å². The minimum Gasteiger partial charge on any atom is -0.309 e. The fourth-order valence-electron chi connectivity index (χ4n) is 1.21. The zero-order valence-electron chi connectivity index (χ0n) is 10.6. The van der Waals surface area contributed by atoms with Crippen molar-refractivity contribution in [3.63, 3.8) is 0 Å². The van der Waals surface area contributed by atoms with Crippen LogP contribution >= 0.6 is 0 Å². The van der Waals surface area contributed by atoms with E-state index in [1.165, 1.54) is 0 Å². The molecule has 0 aromatic carbocycles. The zero-order valence-corrected chi connectivity index (χ0v) is 10.6. The number of nitrogens with one attached hydrogen (secondary N) is 1. The molecule has 0 saturated heterocycles. The van der Waals surface area contributed by atoms with Gasteiger partial charge in [-0.3, -0.25) is 4.79 Å². The Hall–Kier alpha value is -1.45. The summed E-state index contributed by atoms with van der Waals surface area (Å²) in [6.07, 6.45) is 0.829. The number of aryl methyl sites for hydroxylation is 2. The highest BCUT2D eigenvalue weighted by Gasteiger charge is 2.22. The Kier molecular flexibility index (Phi) is 3.62. The highest BCUT2D eigenvalue weighted by atomic mass is 16.2. The van der Waals surface area contributed by atoms with Gasteiger partial charge in [-0.15, -0.1) is 5.10 Å². The van der Waals surface area contributed by atoms with E-state index >= 15 is 0 Å². The van der Waals surface area contributed by atoms with Crippen molar-refractivity contribution in [2.24, 2.45) is 5.41 Å². The predicted octanol–water partition coefficient (Wildman–Crippen LogP) is 2.33. The Bertz CT molecular complexity index is 394. The van der Waals surface area contributed by atoms with Gasteiger partial charge in [0.15, 0.2) is 5.82 Å². The minimum absolute atomic E-state index is 0.0413. The summed E-state index contributed by atoms with van der Waals surface area (Å²) in [5.74, 6) is 0.536. The van der Waals surface area contributed by atoms with Gasteiger partial charge in [-0.05, 0) is 25.0 Å². The first-order valence-electron chi connectivity index (χ1n) is 5.49. The molecular formula is C12H19N3O. The summed E-state index contributed by atoms with van der Waals surface area (Å²) in [6, 6.07) is 1.95. The monoisotopic (exact) mass is 221 g/mol. The van der Waals surface area contributed by atoms with Gasteiger partial charge in [-0.25, -0.2) is 0 Å². The summed E-state index contributed by atoms with van der Waals surface area (Å²) in [7, 11) is 0. The van der Waals surface area contributed by atoms with Crippen LogP contribution in [0.2, 0.25) is 0 Å². The zero-order chi connectivity index (χ0) is 12.3. The Morgan fingerprint density at radius 1 is 1.38 bits per heavy atom. The first-order chi connectivity index (χ1) is 7.34. The SMILES string of the molecule is CCc1cc(C)nnc1NC(=O)C(C)(C)C. The van der Waals surface area contributed by atoms with Crippen LogP contribution in [0.5, 0.6) is 0 Å². The third kappa shape index (κ3) is 3.02. The van der Waals surface area contributed by atoms with Crippen molar-refractivity contribution in [1.82, 2.24) is 10.2 Å². The van der Waals surface area contributed by atoms with E-state index in [0.29, 0.717) is 5.82 Å². The molecule has 0 bridgehead atoms. The topological polar surface area (TPSA) is 54.9 Å². The van der Waals surface area contributed by atoms with E-state index in [1.54, 1.807) is 0 Å². The van der Waals surface area contributed by atoms with Crippen LogP contribution in [0.15, 0.2) is 6.07 Å². The van der Waals surface area contributed by atoms with Crippen LogP contribution < -0.4 is 5.32 Å². The summed E-state index contributed by atoms with van der Waals surface area (Å²) in [5, 5.41) is 10.8. The molecule has 4 heteroatoms. The third-order valence-corrected chi connectivity index (χ3v) is 2.29. The van der Waals surface area contributed by atoms with Crippen LogP contribution in [0, 0.1) is 12.3 Å². The normalized spacial score (nSPS) is 11.3. The van der Waals surface area contributed by atoms with E-state index in [-0.39, 0.29) is 5.91 Å². The van der Waals surface area contributed by atoms with Crippen molar-refractivity contribution in [2.75, 3.05) is 5.32 Å². The number of hydrogen-bond donors (Lipinski definition) is 1. The molecule has 0 aliphatic carbocycles. The quantitative estimate of drug-likeness (QED) is 0.834. The molecule has 0 aliphatic rings. The van der Waals surface area contributed by atoms with E-state index in [9.17, 15) is 4.79 Å². The minimum atomic E-state index is -0.419. The number of rotatable bonds is 2. The van der Waals surface area contributed by atoms with Crippen molar-refractivity contribution in [3.05, 3.63) is 17.3 Å². The lowest BCUT2D eigenvalue weighted by molar-refractivity contribution is -0.123. The van der Waals surface area contributed by atoms with Gasteiger partial charge < -0.3 is 5.32 Å². The number of aromatic nitrogens is 2. The molecule has 0 fully saturated rings. The number of anilines is 1. The number of hydrogen-bond acceptors (Lipinski definition) is 3. The smallest absolute Gasteiger partial charge is 0.230 e. The van der Waals surface area contributed by atoms with Crippen LogP contribution in [0.4, 0.5) is 5.82 Å².